The van der Waals surface area contributed by atoms with E-state index in [1.807, 2.05) is 6.07 Å². The molecule has 0 fully saturated rings. The van der Waals surface area contributed by atoms with E-state index in [0.29, 0.717) is 16.8 Å². The van der Waals surface area contributed by atoms with Crippen molar-refractivity contribution in [2.45, 2.75) is 5.75 Å². The predicted octanol–water partition coefficient (Wildman–Crippen LogP) is 2.25. The van der Waals surface area contributed by atoms with Crippen LogP contribution in [0.15, 0.2) is 48.5 Å². The van der Waals surface area contributed by atoms with E-state index in [-0.39, 0.29) is 5.75 Å². The number of carbonyl (C=O) groups is 1. The summed E-state index contributed by atoms with van der Waals surface area (Å²) in [5.74, 6) is -2.18. The molecule has 0 atom stereocenters. The average Bonchev–Trinajstić information content (AvgIpc) is 2.48. The van der Waals surface area contributed by atoms with E-state index in [1.165, 1.54) is 18.2 Å². The minimum Gasteiger partial charge on any atom is -0.325 e. The maximum atomic E-state index is 12.8. The Morgan fingerprint density at radius 1 is 1.17 bits per heavy atom. The van der Waals surface area contributed by atoms with Gasteiger partial charge in [-0.1, -0.05) is 12.1 Å². The number of sulfone groups is 1. The fourth-order valence-corrected chi connectivity index (χ4v) is 3.23. The van der Waals surface area contributed by atoms with Crippen LogP contribution in [-0.2, 0) is 20.4 Å². The first-order valence-electron chi connectivity index (χ1n) is 6.63. The lowest BCUT2D eigenvalue weighted by atomic mass is 10.2. The molecule has 0 saturated heterocycles. The Kier molecular flexibility index (Phi) is 5.09. The van der Waals surface area contributed by atoms with Gasteiger partial charge in [-0.05, 0) is 42.0 Å². The Bertz CT molecular complexity index is 856. The number of halogens is 1. The quantitative estimate of drug-likeness (QED) is 0.910. The smallest absolute Gasteiger partial charge is 0.239 e. The second-order valence-corrected chi connectivity index (χ2v) is 6.96. The SMILES string of the molecule is N#Cc1cccc(CS(=O)(=O)CC(=O)Nc2ccc(F)cc2)c1. The monoisotopic (exact) mass is 332 g/mol. The molecule has 2 aromatic rings. The van der Waals surface area contributed by atoms with Gasteiger partial charge in [0.15, 0.2) is 9.84 Å². The number of hydrogen-bond donors (Lipinski definition) is 1. The van der Waals surface area contributed by atoms with Crippen LogP contribution in [0.4, 0.5) is 10.1 Å². The summed E-state index contributed by atoms with van der Waals surface area (Å²) in [4.78, 5) is 11.8. The Labute approximate surface area is 133 Å². The van der Waals surface area contributed by atoms with Crippen molar-refractivity contribution in [3.05, 3.63) is 65.5 Å². The summed E-state index contributed by atoms with van der Waals surface area (Å²) in [6.45, 7) is 0. The van der Waals surface area contributed by atoms with Crippen molar-refractivity contribution in [1.82, 2.24) is 0 Å². The van der Waals surface area contributed by atoms with Gasteiger partial charge in [0.1, 0.15) is 11.6 Å². The zero-order chi connectivity index (χ0) is 16.9. The molecule has 0 heterocycles. The lowest BCUT2D eigenvalue weighted by Crippen LogP contribution is -2.24. The number of carbonyl (C=O) groups excluding carboxylic acids is 1. The summed E-state index contributed by atoms with van der Waals surface area (Å²) in [7, 11) is -3.68. The van der Waals surface area contributed by atoms with E-state index in [4.69, 9.17) is 5.26 Å². The number of benzene rings is 2. The maximum Gasteiger partial charge on any atom is 0.239 e. The van der Waals surface area contributed by atoms with Crippen LogP contribution < -0.4 is 5.32 Å². The summed E-state index contributed by atoms with van der Waals surface area (Å²) in [5, 5.41) is 11.2. The van der Waals surface area contributed by atoms with Gasteiger partial charge in [-0.3, -0.25) is 4.79 Å². The van der Waals surface area contributed by atoms with Crippen LogP contribution in [-0.4, -0.2) is 20.1 Å². The molecule has 2 aromatic carbocycles. The van der Waals surface area contributed by atoms with E-state index in [0.717, 1.165) is 12.1 Å². The van der Waals surface area contributed by atoms with Gasteiger partial charge < -0.3 is 5.32 Å². The van der Waals surface area contributed by atoms with Crippen molar-refractivity contribution in [2.24, 2.45) is 0 Å². The van der Waals surface area contributed by atoms with E-state index in [1.54, 1.807) is 18.2 Å². The van der Waals surface area contributed by atoms with Crippen molar-refractivity contribution in [3.63, 3.8) is 0 Å². The van der Waals surface area contributed by atoms with Crippen LogP contribution in [0.5, 0.6) is 0 Å². The first-order chi connectivity index (χ1) is 10.9. The molecule has 0 saturated carbocycles. The van der Waals surface area contributed by atoms with Crippen molar-refractivity contribution in [2.75, 3.05) is 11.1 Å². The first kappa shape index (κ1) is 16.6. The number of hydrogen-bond acceptors (Lipinski definition) is 4. The number of amides is 1. The van der Waals surface area contributed by atoms with E-state index >= 15 is 0 Å². The highest BCUT2D eigenvalue weighted by molar-refractivity contribution is 7.91. The van der Waals surface area contributed by atoms with Crippen molar-refractivity contribution in [3.8, 4) is 6.07 Å². The summed E-state index contributed by atoms with van der Waals surface area (Å²) in [6, 6.07) is 13.1. The fourth-order valence-electron chi connectivity index (χ4n) is 1.97. The molecular weight excluding hydrogens is 319 g/mol. The molecule has 0 unspecified atom stereocenters. The lowest BCUT2D eigenvalue weighted by molar-refractivity contribution is -0.113. The minimum absolute atomic E-state index is 0.318. The highest BCUT2D eigenvalue weighted by Crippen LogP contribution is 2.11. The van der Waals surface area contributed by atoms with Gasteiger partial charge in [0.25, 0.3) is 0 Å². The van der Waals surface area contributed by atoms with E-state index in [2.05, 4.69) is 5.32 Å². The molecule has 0 aliphatic rings. The molecule has 1 amide bonds. The molecule has 5 nitrogen and oxygen atoms in total. The lowest BCUT2D eigenvalue weighted by Gasteiger charge is -2.07. The molecule has 0 spiro atoms. The van der Waals surface area contributed by atoms with Crippen LogP contribution >= 0.6 is 0 Å². The second kappa shape index (κ2) is 7.03. The Morgan fingerprint density at radius 3 is 2.52 bits per heavy atom. The molecule has 23 heavy (non-hydrogen) atoms. The molecular formula is C16H13FN2O3S. The zero-order valence-corrected chi connectivity index (χ0v) is 12.8. The number of rotatable bonds is 5. The van der Waals surface area contributed by atoms with Gasteiger partial charge in [0.2, 0.25) is 5.91 Å². The zero-order valence-electron chi connectivity index (χ0n) is 12.0. The van der Waals surface area contributed by atoms with Gasteiger partial charge >= 0.3 is 0 Å². The number of nitrogens with one attached hydrogen (secondary N) is 1. The minimum atomic E-state index is -3.68. The molecule has 7 heteroatoms. The molecule has 0 aliphatic carbocycles. The van der Waals surface area contributed by atoms with Crippen LogP contribution in [0.2, 0.25) is 0 Å². The van der Waals surface area contributed by atoms with Crippen molar-refractivity contribution in [1.29, 1.82) is 5.26 Å². The molecule has 0 aromatic heterocycles. The van der Waals surface area contributed by atoms with Crippen LogP contribution in [0.3, 0.4) is 0 Å². The maximum absolute atomic E-state index is 12.8. The van der Waals surface area contributed by atoms with Gasteiger partial charge in [-0.15, -0.1) is 0 Å². The third-order valence-electron chi connectivity index (χ3n) is 2.92. The fraction of sp³-hybridized carbons (Fsp3) is 0.125. The topological polar surface area (TPSA) is 87.0 Å². The number of nitrogens with zero attached hydrogens (tertiary/aromatic N) is 1. The van der Waals surface area contributed by atoms with Crippen molar-refractivity contribution >= 4 is 21.4 Å². The van der Waals surface area contributed by atoms with Crippen LogP contribution in [0, 0.1) is 17.1 Å². The number of nitriles is 1. The molecule has 0 aliphatic heterocycles. The van der Waals surface area contributed by atoms with E-state index < -0.39 is 27.3 Å². The van der Waals surface area contributed by atoms with Crippen molar-refractivity contribution < 1.29 is 17.6 Å². The standard InChI is InChI=1S/C16H13FN2O3S/c17-14-4-6-15(7-5-14)19-16(20)11-23(21,22)10-13-3-1-2-12(8-13)9-18/h1-8H,10-11H2,(H,19,20). The van der Waals surface area contributed by atoms with Crippen LogP contribution in [0.1, 0.15) is 11.1 Å². The first-order valence-corrected chi connectivity index (χ1v) is 8.45. The average molecular weight is 332 g/mol. The Hall–Kier alpha value is -2.72. The molecule has 0 bridgehead atoms. The summed E-state index contributed by atoms with van der Waals surface area (Å²) >= 11 is 0. The summed E-state index contributed by atoms with van der Waals surface area (Å²) in [6.07, 6.45) is 0. The third kappa shape index (κ3) is 5.20. The Balaban J connectivity index is 2.01. The van der Waals surface area contributed by atoms with Crippen LogP contribution in [0.25, 0.3) is 0 Å². The molecule has 118 valence electrons. The summed E-state index contributed by atoms with van der Waals surface area (Å²) < 4.78 is 36.9. The normalized spacial score (nSPS) is 10.8. The molecule has 0 radical (unpaired) electrons. The highest BCUT2D eigenvalue weighted by atomic mass is 32.2. The second-order valence-electron chi connectivity index (χ2n) is 4.90. The summed E-state index contributed by atoms with van der Waals surface area (Å²) in [5.41, 5.74) is 1.12. The predicted molar refractivity (Wildman–Crippen MR) is 83.7 cm³/mol. The van der Waals surface area contributed by atoms with E-state index in [9.17, 15) is 17.6 Å². The van der Waals surface area contributed by atoms with Gasteiger partial charge in [0.05, 0.1) is 17.4 Å². The molecule has 1 N–H and O–H groups in total. The number of anilines is 1. The van der Waals surface area contributed by atoms with Gasteiger partial charge in [-0.25, -0.2) is 12.8 Å². The molecule has 2 rings (SSSR count). The highest BCUT2D eigenvalue weighted by Gasteiger charge is 2.18. The van der Waals surface area contributed by atoms with Gasteiger partial charge in [-0.2, -0.15) is 5.26 Å². The third-order valence-corrected chi connectivity index (χ3v) is 4.40. The van der Waals surface area contributed by atoms with Gasteiger partial charge in [0, 0.05) is 5.69 Å². The Morgan fingerprint density at radius 2 is 1.87 bits per heavy atom. The largest absolute Gasteiger partial charge is 0.325 e.